The molecule has 1 aliphatic heterocycles. The molecule has 2 nitrogen and oxygen atoms in total. The lowest BCUT2D eigenvalue weighted by Crippen LogP contribution is -2.41. The summed E-state index contributed by atoms with van der Waals surface area (Å²) in [5.41, 5.74) is 0.291. The number of hydrogen-bond donors (Lipinski definition) is 0. The largest absolute Gasteiger partial charge is 0.496 e. The first kappa shape index (κ1) is 12.2. The van der Waals surface area contributed by atoms with Gasteiger partial charge in [-0.1, -0.05) is 20.8 Å². The second-order valence-corrected chi connectivity index (χ2v) is 6.84. The molecule has 0 saturated heterocycles. The van der Waals surface area contributed by atoms with Crippen LogP contribution in [0.25, 0.3) is 0 Å². The van der Waals surface area contributed by atoms with E-state index in [0.29, 0.717) is 15.8 Å². The number of Topliss-reactive ketones (excluding diaryl/α,β-unsaturated/α-hetero) is 1. The van der Waals surface area contributed by atoms with Crippen molar-refractivity contribution in [2.45, 2.75) is 46.1 Å². The summed E-state index contributed by atoms with van der Waals surface area (Å²) >= 11 is 3.27. The van der Waals surface area contributed by atoms with E-state index >= 15 is 0 Å². The zero-order chi connectivity index (χ0) is 11.9. The third-order valence-corrected chi connectivity index (χ3v) is 4.51. The van der Waals surface area contributed by atoms with Crippen molar-refractivity contribution in [3.8, 4) is 0 Å². The highest BCUT2D eigenvalue weighted by Gasteiger charge is 2.42. The molecule has 0 radical (unpaired) electrons. The van der Waals surface area contributed by atoms with Crippen LogP contribution in [0.5, 0.6) is 0 Å². The van der Waals surface area contributed by atoms with Crippen molar-refractivity contribution >= 4 is 21.7 Å². The molecule has 0 aromatic rings. The molecule has 0 N–H and O–H groups in total. The number of allylic oxidation sites excluding steroid dienone is 1. The predicted molar refractivity (Wildman–Crippen MR) is 67.2 cm³/mol. The number of rotatable bonds is 0. The minimum Gasteiger partial charge on any atom is -0.496 e. The highest BCUT2D eigenvalue weighted by atomic mass is 79.9. The molecule has 3 atom stereocenters. The Kier molecular flexibility index (Phi) is 3.17. The van der Waals surface area contributed by atoms with Gasteiger partial charge in [-0.3, -0.25) is 4.79 Å². The molecule has 0 amide bonds. The Labute approximate surface area is 106 Å². The van der Waals surface area contributed by atoms with Crippen LogP contribution in [0.2, 0.25) is 0 Å². The van der Waals surface area contributed by atoms with Crippen molar-refractivity contribution in [2.24, 2.45) is 17.3 Å². The monoisotopic (exact) mass is 286 g/mol. The van der Waals surface area contributed by atoms with E-state index < -0.39 is 0 Å². The molecule has 1 aliphatic carbocycles. The molecule has 90 valence electrons. The fourth-order valence-electron chi connectivity index (χ4n) is 2.75. The van der Waals surface area contributed by atoms with E-state index in [1.54, 1.807) is 6.26 Å². The van der Waals surface area contributed by atoms with Crippen LogP contribution in [0.15, 0.2) is 10.7 Å². The summed E-state index contributed by atoms with van der Waals surface area (Å²) in [5, 5.41) is 0. The van der Waals surface area contributed by atoms with E-state index in [1.807, 2.05) is 0 Å². The Hall–Kier alpha value is -0.310. The maximum Gasteiger partial charge on any atom is 0.179 e. The number of ether oxygens (including phenoxy) is 1. The molecule has 0 spiro atoms. The van der Waals surface area contributed by atoms with E-state index in [0.717, 1.165) is 12.8 Å². The normalized spacial score (nSPS) is 35.1. The minimum absolute atomic E-state index is 0.0670. The van der Waals surface area contributed by atoms with Crippen LogP contribution in [0, 0.1) is 17.3 Å². The maximum atomic E-state index is 12.0. The first-order valence-electron chi connectivity index (χ1n) is 5.95. The van der Waals surface area contributed by atoms with E-state index in [-0.39, 0.29) is 17.8 Å². The summed E-state index contributed by atoms with van der Waals surface area (Å²) in [4.78, 5) is 12.0. The number of halogens is 1. The number of fused-ring (bicyclic) bond motifs is 1. The molecule has 1 fully saturated rings. The third-order valence-electron chi connectivity index (χ3n) is 3.93. The minimum atomic E-state index is 0.0670. The van der Waals surface area contributed by atoms with Crippen LogP contribution in [0.4, 0.5) is 0 Å². The van der Waals surface area contributed by atoms with Gasteiger partial charge in [0.25, 0.3) is 0 Å². The van der Waals surface area contributed by atoms with Gasteiger partial charge in [-0.05, 0) is 46.5 Å². The number of carbonyl (C=O) groups is 1. The molecule has 16 heavy (non-hydrogen) atoms. The predicted octanol–water partition coefficient (Wildman–Crippen LogP) is 3.65. The lowest BCUT2D eigenvalue weighted by Gasteiger charge is -2.42. The van der Waals surface area contributed by atoms with Crippen LogP contribution in [0.1, 0.15) is 40.0 Å². The van der Waals surface area contributed by atoms with Gasteiger partial charge in [-0.2, -0.15) is 0 Å². The second kappa shape index (κ2) is 4.17. The molecule has 3 heteroatoms. The molecule has 0 bridgehead atoms. The van der Waals surface area contributed by atoms with Crippen molar-refractivity contribution in [3.05, 3.63) is 10.7 Å². The summed E-state index contributed by atoms with van der Waals surface area (Å²) < 4.78 is 6.20. The topological polar surface area (TPSA) is 26.3 Å². The Balaban J connectivity index is 2.14. The van der Waals surface area contributed by atoms with E-state index in [1.165, 1.54) is 6.42 Å². The van der Waals surface area contributed by atoms with Crippen LogP contribution in [0.3, 0.4) is 0 Å². The zero-order valence-corrected chi connectivity index (χ0v) is 11.7. The molecule has 1 saturated carbocycles. The summed E-state index contributed by atoms with van der Waals surface area (Å²) in [6.07, 6.45) is 4.84. The average Bonchev–Trinajstić information content (AvgIpc) is 2.22. The van der Waals surface area contributed by atoms with Gasteiger partial charge in [0.1, 0.15) is 12.4 Å². The fraction of sp³-hybridized carbons (Fsp3) is 0.769. The van der Waals surface area contributed by atoms with Crippen LogP contribution in [-0.4, -0.2) is 11.9 Å². The van der Waals surface area contributed by atoms with E-state index in [4.69, 9.17) is 4.74 Å². The Morgan fingerprint density at radius 3 is 2.69 bits per heavy atom. The SMILES string of the molecule is CC(C)(C)C1CCC2OC=C(Br)C(=O)C2C1. The zero-order valence-electron chi connectivity index (χ0n) is 10.1. The third kappa shape index (κ3) is 2.20. The molecular weight excluding hydrogens is 268 g/mol. The van der Waals surface area contributed by atoms with Crippen molar-refractivity contribution < 1.29 is 9.53 Å². The van der Waals surface area contributed by atoms with Gasteiger partial charge >= 0.3 is 0 Å². The quantitative estimate of drug-likeness (QED) is 0.679. The van der Waals surface area contributed by atoms with Crippen molar-refractivity contribution in [3.63, 3.8) is 0 Å². The molecular formula is C13H19BrO2. The van der Waals surface area contributed by atoms with Gasteiger partial charge < -0.3 is 4.74 Å². The van der Waals surface area contributed by atoms with Crippen molar-refractivity contribution in [1.29, 1.82) is 0 Å². The molecule has 0 aromatic carbocycles. The highest BCUT2D eigenvalue weighted by Crippen LogP contribution is 2.44. The van der Waals surface area contributed by atoms with Gasteiger partial charge in [0.2, 0.25) is 0 Å². The molecule has 3 unspecified atom stereocenters. The van der Waals surface area contributed by atoms with Crippen LogP contribution < -0.4 is 0 Å². The second-order valence-electron chi connectivity index (χ2n) is 5.99. The Morgan fingerprint density at radius 1 is 1.38 bits per heavy atom. The number of carbonyl (C=O) groups excluding carboxylic acids is 1. The molecule has 0 aromatic heterocycles. The van der Waals surface area contributed by atoms with Crippen molar-refractivity contribution in [2.75, 3.05) is 0 Å². The van der Waals surface area contributed by atoms with Crippen LogP contribution >= 0.6 is 15.9 Å². The molecule has 2 rings (SSSR count). The standard InChI is InChI=1S/C13H19BrO2/c1-13(2,3)8-4-5-11-9(6-8)12(15)10(14)7-16-11/h7-9,11H,4-6H2,1-3H3. The molecule has 1 heterocycles. The Bertz CT molecular complexity index is 327. The first-order chi connectivity index (χ1) is 7.39. The average molecular weight is 287 g/mol. The lowest BCUT2D eigenvalue weighted by molar-refractivity contribution is -0.128. The number of ketones is 1. The van der Waals surface area contributed by atoms with Gasteiger partial charge in [0.05, 0.1) is 10.4 Å². The summed E-state index contributed by atoms with van der Waals surface area (Å²) in [6.45, 7) is 6.78. The highest BCUT2D eigenvalue weighted by molar-refractivity contribution is 9.12. The van der Waals surface area contributed by atoms with Crippen molar-refractivity contribution in [1.82, 2.24) is 0 Å². The smallest absolute Gasteiger partial charge is 0.179 e. The summed E-state index contributed by atoms with van der Waals surface area (Å²) in [5.74, 6) is 0.919. The first-order valence-corrected chi connectivity index (χ1v) is 6.74. The lowest BCUT2D eigenvalue weighted by atomic mass is 9.67. The van der Waals surface area contributed by atoms with Gasteiger partial charge in [-0.15, -0.1) is 0 Å². The number of hydrogen-bond acceptors (Lipinski definition) is 2. The van der Waals surface area contributed by atoms with Gasteiger partial charge in [0, 0.05) is 0 Å². The Morgan fingerprint density at radius 2 is 2.06 bits per heavy atom. The van der Waals surface area contributed by atoms with Crippen LogP contribution in [-0.2, 0) is 9.53 Å². The van der Waals surface area contributed by atoms with Gasteiger partial charge in [0.15, 0.2) is 5.78 Å². The molecule has 2 aliphatic rings. The van der Waals surface area contributed by atoms with E-state index in [2.05, 4.69) is 36.7 Å². The van der Waals surface area contributed by atoms with E-state index in [9.17, 15) is 4.79 Å². The summed E-state index contributed by atoms with van der Waals surface area (Å²) in [6, 6.07) is 0. The summed E-state index contributed by atoms with van der Waals surface area (Å²) in [7, 11) is 0. The van der Waals surface area contributed by atoms with Gasteiger partial charge in [-0.25, -0.2) is 0 Å². The maximum absolute atomic E-state index is 12.0. The fourth-order valence-corrected chi connectivity index (χ4v) is 3.15.